The molecule has 5 nitrogen and oxygen atoms in total. The van der Waals surface area contributed by atoms with Crippen molar-refractivity contribution in [3.8, 4) is 11.5 Å². The molecule has 0 aliphatic carbocycles. The van der Waals surface area contributed by atoms with Crippen LogP contribution < -0.4 is 14.4 Å². The molecule has 0 saturated carbocycles. The average molecular weight is 466 g/mol. The fourth-order valence-electron chi connectivity index (χ4n) is 3.67. The van der Waals surface area contributed by atoms with Gasteiger partial charge >= 0.3 is 0 Å². The zero-order valence-corrected chi connectivity index (χ0v) is 18.1. The summed E-state index contributed by atoms with van der Waals surface area (Å²) in [6.07, 6.45) is 0. The smallest absolute Gasteiger partial charge is 0.294 e. The predicted molar refractivity (Wildman–Crippen MR) is 120 cm³/mol. The number of nitrogens with zero attached hydrogens (tertiary/aromatic N) is 1. The van der Waals surface area contributed by atoms with E-state index >= 15 is 0 Å². The van der Waals surface area contributed by atoms with Gasteiger partial charge in [-0.25, -0.2) is 0 Å². The molecule has 6 heteroatoms. The van der Waals surface area contributed by atoms with Gasteiger partial charge in [0.05, 0.1) is 20.3 Å². The number of halogens is 1. The predicted octanol–water partition coefficient (Wildman–Crippen LogP) is 5.52. The van der Waals surface area contributed by atoms with Gasteiger partial charge in [0.15, 0.2) is 5.76 Å². The third-order valence-electron chi connectivity index (χ3n) is 5.12. The van der Waals surface area contributed by atoms with Crippen LogP contribution in [0.15, 0.2) is 83.0 Å². The molecule has 1 N–H and O–H groups in total. The second kappa shape index (κ2) is 8.24. The molecule has 30 heavy (non-hydrogen) atoms. The van der Waals surface area contributed by atoms with Gasteiger partial charge in [0.25, 0.3) is 5.91 Å². The highest BCUT2D eigenvalue weighted by Gasteiger charge is 2.42. The van der Waals surface area contributed by atoms with Gasteiger partial charge in [-0.1, -0.05) is 40.2 Å². The molecule has 0 saturated heterocycles. The van der Waals surface area contributed by atoms with Crippen molar-refractivity contribution in [3.63, 3.8) is 0 Å². The third-order valence-corrected chi connectivity index (χ3v) is 5.62. The van der Waals surface area contributed by atoms with E-state index in [1.54, 1.807) is 31.3 Å². The number of carbonyl (C=O) groups excluding carboxylic acids is 1. The third kappa shape index (κ3) is 3.55. The van der Waals surface area contributed by atoms with Gasteiger partial charge < -0.3 is 14.6 Å². The molecule has 3 aromatic carbocycles. The summed E-state index contributed by atoms with van der Waals surface area (Å²) in [6.45, 7) is 0. The SMILES string of the molecule is COc1ccc(C2=C(O)C(=O)N(c3ccc(OC)cc3)[C@H]2c2cccc(Br)c2)cc1. The number of ether oxygens (including phenoxy) is 2. The molecular weight excluding hydrogens is 446 g/mol. The Balaban J connectivity index is 1.87. The summed E-state index contributed by atoms with van der Waals surface area (Å²) in [5.41, 5.74) is 2.85. The van der Waals surface area contributed by atoms with Crippen molar-refractivity contribution in [2.45, 2.75) is 6.04 Å². The molecule has 0 spiro atoms. The summed E-state index contributed by atoms with van der Waals surface area (Å²) in [4.78, 5) is 14.8. The normalized spacial score (nSPS) is 16.2. The van der Waals surface area contributed by atoms with Gasteiger partial charge in [0, 0.05) is 15.7 Å². The Kier molecular flexibility index (Phi) is 5.50. The van der Waals surface area contributed by atoms with Crippen LogP contribution in [0.4, 0.5) is 5.69 Å². The Bertz CT molecular complexity index is 1110. The van der Waals surface area contributed by atoms with Crippen molar-refractivity contribution in [2.24, 2.45) is 0 Å². The van der Waals surface area contributed by atoms with Crippen molar-refractivity contribution in [1.29, 1.82) is 0 Å². The highest BCUT2D eigenvalue weighted by molar-refractivity contribution is 9.10. The number of hydrogen-bond donors (Lipinski definition) is 1. The van der Waals surface area contributed by atoms with Crippen LogP contribution in [0.5, 0.6) is 11.5 Å². The monoisotopic (exact) mass is 465 g/mol. The summed E-state index contributed by atoms with van der Waals surface area (Å²) in [5.74, 6) is 0.683. The minimum Gasteiger partial charge on any atom is -0.503 e. The van der Waals surface area contributed by atoms with Crippen molar-refractivity contribution in [3.05, 3.63) is 94.2 Å². The number of rotatable bonds is 5. The fraction of sp³-hybridized carbons (Fsp3) is 0.125. The van der Waals surface area contributed by atoms with Crippen molar-refractivity contribution in [1.82, 2.24) is 0 Å². The van der Waals surface area contributed by atoms with Crippen LogP contribution >= 0.6 is 15.9 Å². The lowest BCUT2D eigenvalue weighted by atomic mass is 9.93. The molecule has 0 aromatic heterocycles. The molecule has 1 atom stereocenters. The molecule has 1 aliphatic heterocycles. The van der Waals surface area contributed by atoms with Crippen LogP contribution in [0.2, 0.25) is 0 Å². The second-order valence-corrected chi connectivity index (χ2v) is 7.74. The Labute approximate surface area is 183 Å². The summed E-state index contributed by atoms with van der Waals surface area (Å²) < 4.78 is 11.4. The molecule has 0 bridgehead atoms. The number of carbonyl (C=O) groups is 1. The summed E-state index contributed by atoms with van der Waals surface area (Å²) in [6, 6.07) is 21.8. The zero-order chi connectivity index (χ0) is 21.3. The Hall–Kier alpha value is -3.25. The van der Waals surface area contributed by atoms with E-state index in [9.17, 15) is 9.90 Å². The van der Waals surface area contributed by atoms with E-state index in [-0.39, 0.29) is 5.76 Å². The maximum Gasteiger partial charge on any atom is 0.294 e. The lowest BCUT2D eigenvalue weighted by molar-refractivity contribution is -0.117. The summed E-state index contributed by atoms with van der Waals surface area (Å²) in [5, 5.41) is 10.9. The van der Waals surface area contributed by atoms with Crippen LogP contribution in [0.1, 0.15) is 17.2 Å². The van der Waals surface area contributed by atoms with Gasteiger partial charge in [-0.3, -0.25) is 9.69 Å². The average Bonchev–Trinajstić information content (AvgIpc) is 3.04. The number of hydrogen-bond acceptors (Lipinski definition) is 4. The Morgan fingerprint density at radius 2 is 1.50 bits per heavy atom. The van der Waals surface area contributed by atoms with Crippen LogP contribution in [0.3, 0.4) is 0 Å². The molecule has 1 heterocycles. The summed E-state index contributed by atoms with van der Waals surface area (Å²) in [7, 11) is 3.19. The van der Waals surface area contributed by atoms with Crippen molar-refractivity contribution < 1.29 is 19.4 Å². The largest absolute Gasteiger partial charge is 0.503 e. The quantitative estimate of drug-likeness (QED) is 0.538. The number of methoxy groups -OCH3 is 2. The first-order valence-electron chi connectivity index (χ1n) is 9.34. The van der Waals surface area contributed by atoms with Crippen LogP contribution in [0, 0.1) is 0 Å². The standard InChI is InChI=1S/C24H20BrNO4/c1-29-19-10-6-15(7-11-19)21-22(16-4-3-5-17(25)14-16)26(24(28)23(21)27)18-8-12-20(30-2)13-9-18/h3-14,22,27H,1-2H3/t22-/m0/s1. The Morgan fingerprint density at radius 3 is 2.07 bits per heavy atom. The maximum atomic E-state index is 13.2. The number of aliphatic hydroxyl groups is 1. The van der Waals surface area contributed by atoms with E-state index in [2.05, 4.69) is 15.9 Å². The minimum absolute atomic E-state index is 0.263. The Morgan fingerprint density at radius 1 is 0.900 bits per heavy atom. The lowest BCUT2D eigenvalue weighted by Crippen LogP contribution is -2.30. The minimum atomic E-state index is -0.489. The number of amides is 1. The van der Waals surface area contributed by atoms with E-state index in [0.717, 1.165) is 15.6 Å². The number of anilines is 1. The van der Waals surface area contributed by atoms with Crippen LogP contribution in [-0.2, 0) is 4.79 Å². The van der Waals surface area contributed by atoms with Crippen molar-refractivity contribution >= 4 is 33.1 Å². The topological polar surface area (TPSA) is 59.0 Å². The molecule has 0 unspecified atom stereocenters. The van der Waals surface area contributed by atoms with Crippen LogP contribution in [-0.4, -0.2) is 25.2 Å². The van der Waals surface area contributed by atoms with E-state index in [1.807, 2.05) is 60.7 Å². The molecule has 3 aromatic rings. The maximum absolute atomic E-state index is 13.2. The number of aliphatic hydroxyl groups excluding tert-OH is 1. The molecular formula is C24H20BrNO4. The van der Waals surface area contributed by atoms with E-state index < -0.39 is 11.9 Å². The van der Waals surface area contributed by atoms with E-state index in [0.29, 0.717) is 22.8 Å². The van der Waals surface area contributed by atoms with Gasteiger partial charge in [-0.05, 0) is 59.7 Å². The molecule has 0 fully saturated rings. The molecule has 1 amide bonds. The van der Waals surface area contributed by atoms with E-state index in [1.165, 1.54) is 0 Å². The van der Waals surface area contributed by atoms with Gasteiger partial charge in [-0.2, -0.15) is 0 Å². The fourth-order valence-corrected chi connectivity index (χ4v) is 4.09. The highest BCUT2D eigenvalue weighted by Crippen LogP contribution is 2.46. The van der Waals surface area contributed by atoms with Crippen molar-refractivity contribution in [2.75, 3.05) is 19.1 Å². The first-order valence-corrected chi connectivity index (χ1v) is 10.1. The second-order valence-electron chi connectivity index (χ2n) is 6.82. The van der Waals surface area contributed by atoms with E-state index in [4.69, 9.17) is 9.47 Å². The van der Waals surface area contributed by atoms with Crippen LogP contribution in [0.25, 0.3) is 5.57 Å². The summed E-state index contributed by atoms with van der Waals surface area (Å²) >= 11 is 3.51. The zero-order valence-electron chi connectivity index (χ0n) is 16.5. The van der Waals surface area contributed by atoms with Gasteiger partial charge in [0.1, 0.15) is 11.5 Å². The first kappa shape index (κ1) is 20.0. The lowest BCUT2D eigenvalue weighted by Gasteiger charge is -2.27. The van der Waals surface area contributed by atoms with Gasteiger partial charge in [0.2, 0.25) is 0 Å². The first-order chi connectivity index (χ1) is 14.5. The number of benzene rings is 3. The molecule has 0 radical (unpaired) electrons. The van der Waals surface area contributed by atoms with Gasteiger partial charge in [-0.15, -0.1) is 0 Å². The molecule has 4 rings (SSSR count). The highest BCUT2D eigenvalue weighted by atomic mass is 79.9. The molecule has 152 valence electrons. The molecule has 1 aliphatic rings.